The van der Waals surface area contributed by atoms with Gasteiger partial charge in [-0.3, -0.25) is 0 Å². The van der Waals surface area contributed by atoms with Crippen LogP contribution in [0.2, 0.25) is 0 Å². The Kier molecular flexibility index (Phi) is 5.38. The summed E-state index contributed by atoms with van der Waals surface area (Å²) >= 11 is 1.84. The molecule has 82 valence electrons. The number of rotatable bonds is 5. The van der Waals surface area contributed by atoms with E-state index in [1.54, 1.807) is 0 Å². The summed E-state index contributed by atoms with van der Waals surface area (Å²) in [6, 6.07) is 0. The molecular formula is C11H22NOS+. The molecule has 0 aromatic rings. The van der Waals surface area contributed by atoms with E-state index in [-0.39, 0.29) is 0 Å². The Morgan fingerprint density at radius 3 is 2.71 bits per heavy atom. The van der Waals surface area contributed by atoms with Crippen LogP contribution in [-0.4, -0.2) is 35.8 Å². The Morgan fingerprint density at radius 2 is 2.14 bits per heavy atom. The van der Waals surface area contributed by atoms with E-state index in [0.717, 1.165) is 11.0 Å². The highest BCUT2D eigenvalue weighted by Gasteiger charge is 2.27. The first kappa shape index (κ1) is 11.9. The van der Waals surface area contributed by atoms with Crippen molar-refractivity contribution in [2.45, 2.75) is 45.1 Å². The molecule has 2 nitrogen and oxygen atoms in total. The molecule has 0 aliphatic carbocycles. The summed E-state index contributed by atoms with van der Waals surface area (Å²) in [4.78, 5) is 0. The van der Waals surface area contributed by atoms with Gasteiger partial charge in [0.05, 0.1) is 0 Å². The van der Waals surface area contributed by atoms with E-state index in [4.69, 9.17) is 4.74 Å². The molecule has 0 aromatic heterocycles. The van der Waals surface area contributed by atoms with E-state index in [9.17, 15) is 0 Å². The average molecular weight is 216 g/mol. The summed E-state index contributed by atoms with van der Waals surface area (Å²) in [5.74, 6) is 1.14. The van der Waals surface area contributed by atoms with Crippen LogP contribution in [0.5, 0.6) is 0 Å². The topological polar surface area (TPSA) is 12.2 Å². The van der Waals surface area contributed by atoms with Crippen LogP contribution in [0.1, 0.15) is 39.0 Å². The zero-order chi connectivity index (χ0) is 10.4. The van der Waals surface area contributed by atoms with Gasteiger partial charge in [0.15, 0.2) is 0 Å². The molecule has 0 saturated carbocycles. The van der Waals surface area contributed by atoms with Gasteiger partial charge in [-0.15, -0.1) is 0 Å². The highest BCUT2D eigenvalue weighted by molar-refractivity contribution is 8.13. The van der Waals surface area contributed by atoms with Crippen molar-refractivity contribution >= 4 is 17.0 Å². The Balaban J connectivity index is 2.14. The second-order valence-corrected chi connectivity index (χ2v) is 5.03. The minimum absolute atomic E-state index is 0.467. The normalized spacial score (nSPS) is 21.1. The predicted molar refractivity (Wildman–Crippen MR) is 63.2 cm³/mol. The lowest BCUT2D eigenvalue weighted by atomic mass is 10.1. The minimum Gasteiger partial charge on any atom is -0.435 e. The molecule has 1 aliphatic heterocycles. The summed E-state index contributed by atoms with van der Waals surface area (Å²) in [5.41, 5.74) is 0. The summed E-state index contributed by atoms with van der Waals surface area (Å²) in [7, 11) is 4.09. The number of hydrogen-bond acceptors (Lipinski definition) is 2. The highest BCUT2D eigenvalue weighted by atomic mass is 32.2. The maximum absolute atomic E-state index is 5.81. The van der Waals surface area contributed by atoms with Crippen molar-refractivity contribution in [2.75, 3.05) is 19.8 Å². The van der Waals surface area contributed by atoms with E-state index >= 15 is 0 Å². The first-order valence-corrected chi connectivity index (χ1v) is 6.56. The van der Waals surface area contributed by atoms with E-state index in [1.807, 2.05) is 25.9 Å². The molecule has 1 unspecified atom stereocenters. The van der Waals surface area contributed by atoms with Crippen LogP contribution in [0, 0.1) is 0 Å². The smallest absolute Gasteiger partial charge is 0.400 e. The van der Waals surface area contributed by atoms with Crippen molar-refractivity contribution in [1.29, 1.82) is 0 Å². The second-order valence-electron chi connectivity index (χ2n) is 4.06. The van der Waals surface area contributed by atoms with Gasteiger partial charge in [0, 0.05) is 5.75 Å². The van der Waals surface area contributed by atoms with Crippen molar-refractivity contribution in [3.63, 3.8) is 0 Å². The maximum Gasteiger partial charge on any atom is 0.400 e. The fourth-order valence-corrected chi connectivity index (χ4v) is 2.58. The molecule has 1 rings (SSSR count). The fourth-order valence-electron chi connectivity index (χ4n) is 1.55. The lowest BCUT2D eigenvalue weighted by Gasteiger charge is -2.06. The van der Waals surface area contributed by atoms with Gasteiger partial charge < -0.3 is 4.74 Å². The monoisotopic (exact) mass is 216 g/mol. The quantitative estimate of drug-likeness (QED) is 0.517. The van der Waals surface area contributed by atoms with Gasteiger partial charge in [-0.2, -0.15) is 4.58 Å². The highest BCUT2D eigenvalue weighted by Crippen LogP contribution is 2.23. The fraction of sp³-hybridized carbons (Fsp3) is 0.909. The standard InChI is InChI=1S/C11H22NOS/c1-4-5-6-7-8-10-9-14-11(13-10)12(2)3/h10H,4-9H2,1-3H3/q+1. The van der Waals surface area contributed by atoms with Crippen LogP contribution in [0.3, 0.4) is 0 Å². The third-order valence-electron chi connectivity index (χ3n) is 2.40. The van der Waals surface area contributed by atoms with Gasteiger partial charge in [-0.25, -0.2) is 0 Å². The molecule has 3 heteroatoms. The van der Waals surface area contributed by atoms with Crippen LogP contribution >= 0.6 is 11.8 Å². The average Bonchev–Trinajstić information content (AvgIpc) is 2.61. The van der Waals surface area contributed by atoms with Gasteiger partial charge in [0.25, 0.3) is 0 Å². The van der Waals surface area contributed by atoms with E-state index in [0.29, 0.717) is 6.10 Å². The van der Waals surface area contributed by atoms with Gasteiger partial charge >= 0.3 is 5.23 Å². The molecule has 0 radical (unpaired) electrons. The van der Waals surface area contributed by atoms with Crippen molar-refractivity contribution in [3.05, 3.63) is 0 Å². The number of unbranched alkanes of at least 4 members (excludes halogenated alkanes) is 3. The number of nitrogens with zero attached hydrogens (tertiary/aromatic N) is 1. The SMILES string of the molecule is CCCCCCC1CSC(=[N+](C)C)O1. The van der Waals surface area contributed by atoms with Gasteiger partial charge in [0.2, 0.25) is 0 Å². The first-order valence-electron chi connectivity index (χ1n) is 5.57. The molecule has 0 amide bonds. The lowest BCUT2D eigenvalue weighted by molar-refractivity contribution is -0.470. The zero-order valence-electron chi connectivity index (χ0n) is 9.58. The van der Waals surface area contributed by atoms with E-state index < -0.39 is 0 Å². The Bertz CT molecular complexity index is 199. The van der Waals surface area contributed by atoms with Crippen LogP contribution in [0.4, 0.5) is 0 Å². The Morgan fingerprint density at radius 1 is 1.36 bits per heavy atom. The van der Waals surface area contributed by atoms with Crippen LogP contribution in [0.25, 0.3) is 0 Å². The van der Waals surface area contributed by atoms with Gasteiger partial charge in [-0.05, 0) is 24.6 Å². The molecule has 14 heavy (non-hydrogen) atoms. The van der Waals surface area contributed by atoms with E-state index in [1.165, 1.54) is 32.1 Å². The molecule has 1 aliphatic rings. The first-order chi connectivity index (χ1) is 6.74. The minimum atomic E-state index is 0.467. The second kappa shape index (κ2) is 6.33. The number of thioether (sulfide) groups is 1. The van der Waals surface area contributed by atoms with Crippen molar-refractivity contribution < 1.29 is 9.31 Å². The molecule has 1 heterocycles. The maximum atomic E-state index is 5.81. The molecule has 0 N–H and O–H groups in total. The number of ether oxygens (including phenoxy) is 1. The van der Waals surface area contributed by atoms with Crippen LogP contribution < -0.4 is 0 Å². The van der Waals surface area contributed by atoms with E-state index in [2.05, 4.69) is 11.5 Å². The van der Waals surface area contributed by atoms with Gasteiger partial charge in [-0.1, -0.05) is 26.2 Å². The summed E-state index contributed by atoms with van der Waals surface area (Å²) in [6.07, 6.45) is 7.05. The Labute approximate surface area is 91.7 Å². The van der Waals surface area contributed by atoms with Gasteiger partial charge in [0.1, 0.15) is 20.2 Å². The molecule has 0 bridgehead atoms. The summed E-state index contributed by atoms with van der Waals surface area (Å²) in [5, 5.41) is 1.09. The van der Waals surface area contributed by atoms with Crippen molar-refractivity contribution in [3.8, 4) is 0 Å². The van der Waals surface area contributed by atoms with Crippen molar-refractivity contribution in [1.82, 2.24) is 0 Å². The number of hydrogen-bond donors (Lipinski definition) is 0. The molecule has 1 atom stereocenters. The molecule has 1 fully saturated rings. The summed E-state index contributed by atoms with van der Waals surface area (Å²) in [6.45, 7) is 2.25. The predicted octanol–water partition coefficient (Wildman–Crippen LogP) is 2.72. The molecule has 0 aromatic carbocycles. The summed E-state index contributed by atoms with van der Waals surface area (Å²) < 4.78 is 7.87. The van der Waals surface area contributed by atoms with Crippen LogP contribution in [0.15, 0.2) is 0 Å². The molecule has 1 saturated heterocycles. The third-order valence-corrected chi connectivity index (χ3v) is 3.65. The lowest BCUT2D eigenvalue weighted by Crippen LogP contribution is -2.14. The largest absolute Gasteiger partial charge is 0.435 e. The third kappa shape index (κ3) is 3.91. The Hall–Kier alpha value is -0.180. The van der Waals surface area contributed by atoms with Crippen molar-refractivity contribution in [2.24, 2.45) is 0 Å². The van der Waals surface area contributed by atoms with Crippen LogP contribution in [-0.2, 0) is 4.74 Å². The molecule has 0 spiro atoms. The molecular weight excluding hydrogens is 194 g/mol. The zero-order valence-corrected chi connectivity index (χ0v) is 10.4.